The molecular formula is C17H12N4O2. The minimum Gasteiger partial charge on any atom is -0.258 e. The van der Waals surface area contributed by atoms with E-state index in [-0.39, 0.29) is 5.69 Å². The molecule has 112 valence electrons. The molecule has 0 saturated carbocycles. The van der Waals surface area contributed by atoms with Crippen molar-refractivity contribution in [1.29, 1.82) is 0 Å². The van der Waals surface area contributed by atoms with Gasteiger partial charge in [0.25, 0.3) is 5.69 Å². The predicted molar refractivity (Wildman–Crippen MR) is 87.8 cm³/mol. The summed E-state index contributed by atoms with van der Waals surface area (Å²) in [4.78, 5) is 15.3. The summed E-state index contributed by atoms with van der Waals surface area (Å²) >= 11 is 0. The Kier molecular flexibility index (Phi) is 2.84. The number of rotatable bonds is 2. The minimum absolute atomic E-state index is 0.0307. The molecule has 4 aromatic rings. The van der Waals surface area contributed by atoms with Crippen LogP contribution in [-0.4, -0.2) is 19.7 Å². The second-order valence-electron chi connectivity index (χ2n) is 5.38. The van der Waals surface area contributed by atoms with E-state index in [1.54, 1.807) is 23.0 Å². The molecule has 0 bridgehead atoms. The fourth-order valence-corrected chi connectivity index (χ4v) is 2.72. The normalized spacial score (nSPS) is 11.2. The zero-order valence-electron chi connectivity index (χ0n) is 12.3. The van der Waals surface area contributed by atoms with Crippen LogP contribution in [0.25, 0.3) is 27.6 Å². The number of nitro benzene ring substituents is 1. The molecule has 0 radical (unpaired) electrons. The zero-order valence-corrected chi connectivity index (χ0v) is 12.3. The number of hydrogen-bond acceptors (Lipinski definition) is 4. The van der Waals surface area contributed by atoms with Crippen molar-refractivity contribution in [1.82, 2.24) is 14.8 Å². The largest absolute Gasteiger partial charge is 0.271 e. The quantitative estimate of drug-likeness (QED) is 0.417. The number of hydrogen-bond donors (Lipinski definition) is 0. The van der Waals surface area contributed by atoms with Crippen LogP contribution in [0.4, 0.5) is 5.69 Å². The topological polar surface area (TPSA) is 73.8 Å². The molecule has 0 aliphatic rings. The van der Waals surface area contributed by atoms with Gasteiger partial charge in [0.2, 0.25) is 0 Å². The summed E-state index contributed by atoms with van der Waals surface area (Å²) in [5, 5.41) is 17.3. The average molecular weight is 304 g/mol. The zero-order chi connectivity index (χ0) is 16.0. The monoisotopic (exact) mass is 304 g/mol. The lowest BCUT2D eigenvalue weighted by atomic mass is 10.1. The standard InChI is InChI=1S/C17H12N4O2/c1-11-4-2-5-12-8-13-10-18-20(17(13)19-16(11)12)14-6-3-7-15(9-14)21(22)23/h2-10H,1H3. The van der Waals surface area contributed by atoms with Crippen LogP contribution < -0.4 is 0 Å². The highest BCUT2D eigenvalue weighted by molar-refractivity contribution is 5.93. The van der Waals surface area contributed by atoms with E-state index in [4.69, 9.17) is 4.98 Å². The lowest BCUT2D eigenvalue weighted by molar-refractivity contribution is -0.384. The summed E-state index contributed by atoms with van der Waals surface area (Å²) in [7, 11) is 0. The first-order valence-electron chi connectivity index (χ1n) is 7.12. The van der Waals surface area contributed by atoms with Gasteiger partial charge in [-0.25, -0.2) is 9.67 Å². The summed E-state index contributed by atoms with van der Waals surface area (Å²) in [5.74, 6) is 0. The first kappa shape index (κ1) is 13.4. The van der Waals surface area contributed by atoms with Gasteiger partial charge in [-0.1, -0.05) is 24.3 Å². The van der Waals surface area contributed by atoms with Crippen LogP contribution in [0.5, 0.6) is 0 Å². The molecule has 0 unspecified atom stereocenters. The van der Waals surface area contributed by atoms with E-state index in [9.17, 15) is 10.1 Å². The van der Waals surface area contributed by atoms with E-state index in [1.807, 2.05) is 31.2 Å². The van der Waals surface area contributed by atoms with E-state index in [1.165, 1.54) is 12.1 Å². The molecule has 2 heterocycles. The smallest absolute Gasteiger partial charge is 0.258 e. The third kappa shape index (κ3) is 2.12. The van der Waals surface area contributed by atoms with Crippen LogP contribution in [-0.2, 0) is 0 Å². The Labute approximate surface area is 131 Å². The van der Waals surface area contributed by atoms with E-state index in [0.29, 0.717) is 11.3 Å². The third-order valence-corrected chi connectivity index (χ3v) is 3.85. The first-order chi connectivity index (χ1) is 11.1. The van der Waals surface area contributed by atoms with Gasteiger partial charge in [-0.2, -0.15) is 5.10 Å². The van der Waals surface area contributed by atoms with E-state index >= 15 is 0 Å². The maximum atomic E-state index is 11.0. The average Bonchev–Trinajstić information content (AvgIpc) is 2.96. The molecule has 0 saturated heterocycles. The number of pyridine rings is 1. The van der Waals surface area contributed by atoms with Crippen molar-refractivity contribution in [2.75, 3.05) is 0 Å². The van der Waals surface area contributed by atoms with Gasteiger partial charge in [-0.3, -0.25) is 10.1 Å². The molecule has 0 spiro atoms. The Morgan fingerprint density at radius 2 is 1.91 bits per heavy atom. The number of para-hydroxylation sites is 1. The number of nitro groups is 1. The number of benzene rings is 2. The number of non-ortho nitro benzene ring substituents is 1. The van der Waals surface area contributed by atoms with Crippen molar-refractivity contribution in [3.8, 4) is 5.69 Å². The van der Waals surface area contributed by atoms with Crippen LogP contribution in [0.3, 0.4) is 0 Å². The Morgan fingerprint density at radius 3 is 2.74 bits per heavy atom. The van der Waals surface area contributed by atoms with Gasteiger partial charge in [-0.15, -0.1) is 0 Å². The third-order valence-electron chi connectivity index (χ3n) is 3.85. The lowest BCUT2D eigenvalue weighted by Crippen LogP contribution is -1.99. The molecule has 2 aromatic carbocycles. The van der Waals surface area contributed by atoms with Crippen molar-refractivity contribution < 1.29 is 4.92 Å². The predicted octanol–water partition coefficient (Wildman–Crippen LogP) is 3.79. The number of aromatic nitrogens is 3. The van der Waals surface area contributed by atoms with Crippen molar-refractivity contribution in [2.24, 2.45) is 0 Å². The molecule has 23 heavy (non-hydrogen) atoms. The SMILES string of the molecule is Cc1cccc2cc3cnn(-c4cccc([N+](=O)[O-])c4)c3nc12. The summed E-state index contributed by atoms with van der Waals surface area (Å²) in [6.45, 7) is 2.01. The van der Waals surface area contributed by atoms with Crippen molar-refractivity contribution in [3.05, 3.63) is 70.4 Å². The number of nitrogens with zero attached hydrogens (tertiary/aromatic N) is 4. The summed E-state index contributed by atoms with van der Waals surface area (Å²) in [6.07, 6.45) is 1.73. The van der Waals surface area contributed by atoms with E-state index in [0.717, 1.165) is 21.9 Å². The van der Waals surface area contributed by atoms with Gasteiger partial charge in [0, 0.05) is 22.9 Å². The molecule has 0 aliphatic heterocycles. The summed E-state index contributed by atoms with van der Waals surface area (Å²) in [6, 6.07) is 14.4. The highest BCUT2D eigenvalue weighted by Crippen LogP contribution is 2.25. The molecule has 6 heteroatoms. The van der Waals surface area contributed by atoms with Gasteiger partial charge in [-0.05, 0) is 24.6 Å². The van der Waals surface area contributed by atoms with Gasteiger partial charge < -0.3 is 0 Å². The van der Waals surface area contributed by atoms with Crippen molar-refractivity contribution in [3.63, 3.8) is 0 Å². The second kappa shape index (κ2) is 4.88. The number of aryl methyl sites for hydroxylation is 1. The second-order valence-corrected chi connectivity index (χ2v) is 5.38. The van der Waals surface area contributed by atoms with Crippen LogP contribution >= 0.6 is 0 Å². The molecule has 2 aromatic heterocycles. The number of fused-ring (bicyclic) bond motifs is 2. The molecule has 4 rings (SSSR count). The van der Waals surface area contributed by atoms with Crippen molar-refractivity contribution in [2.45, 2.75) is 6.92 Å². The molecule has 6 nitrogen and oxygen atoms in total. The molecule has 0 atom stereocenters. The van der Waals surface area contributed by atoms with Crippen LogP contribution in [0, 0.1) is 17.0 Å². The van der Waals surface area contributed by atoms with Crippen LogP contribution in [0.15, 0.2) is 54.7 Å². The van der Waals surface area contributed by atoms with Gasteiger partial charge in [0.1, 0.15) is 0 Å². The molecule has 0 amide bonds. The first-order valence-corrected chi connectivity index (χ1v) is 7.12. The maximum Gasteiger partial charge on any atom is 0.271 e. The van der Waals surface area contributed by atoms with Gasteiger partial charge in [0.15, 0.2) is 5.65 Å². The van der Waals surface area contributed by atoms with Crippen LogP contribution in [0.1, 0.15) is 5.56 Å². The summed E-state index contributed by atoms with van der Waals surface area (Å²) in [5.41, 5.74) is 3.33. The lowest BCUT2D eigenvalue weighted by Gasteiger charge is -2.05. The Morgan fingerprint density at radius 1 is 1.09 bits per heavy atom. The fraction of sp³-hybridized carbons (Fsp3) is 0.0588. The fourth-order valence-electron chi connectivity index (χ4n) is 2.72. The minimum atomic E-state index is -0.415. The van der Waals surface area contributed by atoms with Gasteiger partial charge in [0.05, 0.1) is 22.3 Å². The molecule has 0 fully saturated rings. The Hall–Kier alpha value is -3.28. The van der Waals surface area contributed by atoms with Crippen LogP contribution in [0.2, 0.25) is 0 Å². The van der Waals surface area contributed by atoms with Crippen molar-refractivity contribution >= 4 is 27.6 Å². The highest BCUT2D eigenvalue weighted by Gasteiger charge is 2.12. The Bertz CT molecular complexity index is 1070. The molecule has 0 N–H and O–H groups in total. The Balaban J connectivity index is 1.99. The maximum absolute atomic E-state index is 11.0. The summed E-state index contributed by atoms with van der Waals surface area (Å²) < 4.78 is 1.63. The van der Waals surface area contributed by atoms with E-state index in [2.05, 4.69) is 5.10 Å². The highest BCUT2D eigenvalue weighted by atomic mass is 16.6. The molecular weight excluding hydrogens is 292 g/mol. The van der Waals surface area contributed by atoms with Gasteiger partial charge >= 0.3 is 0 Å². The van der Waals surface area contributed by atoms with E-state index < -0.39 is 4.92 Å². The molecule has 0 aliphatic carbocycles.